The summed E-state index contributed by atoms with van der Waals surface area (Å²) in [7, 11) is 1.82. The second kappa shape index (κ2) is 11.8. The molecule has 1 heterocycles. The van der Waals surface area contributed by atoms with Crippen molar-refractivity contribution in [2.24, 2.45) is 16.8 Å². The Balaban J connectivity index is 2.57. The minimum Gasteiger partial charge on any atom is -0.310 e. The summed E-state index contributed by atoms with van der Waals surface area (Å²) in [4.78, 5) is 8.53. The number of hydrogen-bond acceptors (Lipinski definition) is 3. The summed E-state index contributed by atoms with van der Waals surface area (Å²) in [6.07, 6.45) is 9.88. The zero-order valence-electron chi connectivity index (χ0n) is 16.6. The Labute approximate surface area is 163 Å². The molecule has 3 nitrogen and oxygen atoms in total. The van der Waals surface area contributed by atoms with Gasteiger partial charge in [0.1, 0.15) is 0 Å². The molecule has 1 N–H and O–H groups in total. The van der Waals surface area contributed by atoms with Gasteiger partial charge in [0.05, 0.1) is 0 Å². The number of nitrogens with zero attached hydrogens (tertiary/aromatic N) is 2. The molecule has 0 amide bonds. The SMILES string of the molecule is C=C(c1cccnc1)C(C)C(C)C=C(Cl)CCC(CCC(=N)CC)=NC. The first-order valence-electron chi connectivity index (χ1n) is 9.35. The van der Waals surface area contributed by atoms with Gasteiger partial charge in [0.2, 0.25) is 0 Å². The number of aliphatic imine (C=N–C) groups is 1. The maximum atomic E-state index is 7.77. The van der Waals surface area contributed by atoms with Crippen molar-refractivity contribution >= 4 is 28.6 Å². The number of pyridine rings is 1. The molecule has 0 spiro atoms. The van der Waals surface area contributed by atoms with Crippen LogP contribution >= 0.6 is 11.6 Å². The first-order chi connectivity index (χ1) is 12.4. The van der Waals surface area contributed by atoms with E-state index in [9.17, 15) is 0 Å². The minimum atomic E-state index is 0.289. The number of allylic oxidation sites excluding steroid dienone is 3. The zero-order valence-corrected chi connectivity index (χ0v) is 17.3. The second-order valence-electron chi connectivity index (χ2n) is 6.78. The highest BCUT2D eigenvalue weighted by molar-refractivity contribution is 6.29. The van der Waals surface area contributed by atoms with Gasteiger partial charge in [-0.2, -0.15) is 0 Å². The molecule has 0 saturated carbocycles. The van der Waals surface area contributed by atoms with Crippen molar-refractivity contribution in [1.82, 2.24) is 4.98 Å². The van der Waals surface area contributed by atoms with Crippen LogP contribution < -0.4 is 0 Å². The highest BCUT2D eigenvalue weighted by Crippen LogP contribution is 2.29. The summed E-state index contributed by atoms with van der Waals surface area (Å²) < 4.78 is 0. The van der Waals surface area contributed by atoms with Crippen LogP contribution in [0.5, 0.6) is 0 Å². The molecule has 0 bridgehead atoms. The molecule has 4 heteroatoms. The van der Waals surface area contributed by atoms with Gasteiger partial charge in [-0.3, -0.25) is 9.98 Å². The Kier molecular flexibility index (Phi) is 10.1. The Morgan fingerprint density at radius 1 is 1.31 bits per heavy atom. The number of nitrogens with one attached hydrogen (secondary N) is 1. The third-order valence-corrected chi connectivity index (χ3v) is 5.24. The van der Waals surface area contributed by atoms with E-state index in [0.717, 1.165) is 59.7 Å². The van der Waals surface area contributed by atoms with Crippen LogP contribution in [-0.4, -0.2) is 23.5 Å². The van der Waals surface area contributed by atoms with Gasteiger partial charge in [-0.15, -0.1) is 0 Å². The summed E-state index contributed by atoms with van der Waals surface area (Å²) in [6.45, 7) is 10.6. The average molecular weight is 374 g/mol. The molecule has 0 saturated heterocycles. The van der Waals surface area contributed by atoms with Crippen molar-refractivity contribution in [2.45, 2.75) is 52.9 Å². The molecule has 1 aromatic heterocycles. The molecule has 1 aromatic rings. The lowest BCUT2D eigenvalue weighted by atomic mass is 9.86. The second-order valence-corrected chi connectivity index (χ2v) is 7.26. The van der Waals surface area contributed by atoms with Crippen LogP contribution in [0.15, 0.2) is 47.2 Å². The summed E-state index contributed by atoms with van der Waals surface area (Å²) in [5, 5.41) is 8.64. The lowest BCUT2D eigenvalue weighted by Gasteiger charge is -2.20. The van der Waals surface area contributed by atoms with E-state index >= 15 is 0 Å². The Hall–Kier alpha value is -1.74. The molecular weight excluding hydrogens is 342 g/mol. The van der Waals surface area contributed by atoms with E-state index in [4.69, 9.17) is 17.0 Å². The van der Waals surface area contributed by atoms with Crippen molar-refractivity contribution < 1.29 is 0 Å². The maximum Gasteiger partial charge on any atom is 0.0342 e. The molecule has 142 valence electrons. The van der Waals surface area contributed by atoms with Crippen molar-refractivity contribution in [3.05, 3.63) is 47.8 Å². The molecule has 2 unspecified atom stereocenters. The van der Waals surface area contributed by atoms with E-state index in [1.807, 2.05) is 32.3 Å². The number of aromatic nitrogens is 1. The van der Waals surface area contributed by atoms with E-state index in [1.165, 1.54) is 0 Å². The van der Waals surface area contributed by atoms with Gasteiger partial charge in [-0.1, -0.05) is 51.1 Å². The summed E-state index contributed by atoms with van der Waals surface area (Å²) in [6, 6.07) is 3.98. The largest absolute Gasteiger partial charge is 0.310 e. The number of rotatable bonds is 11. The van der Waals surface area contributed by atoms with E-state index in [0.29, 0.717) is 5.92 Å². The Morgan fingerprint density at radius 3 is 2.58 bits per heavy atom. The number of hydrogen-bond donors (Lipinski definition) is 1. The molecular formula is C22H32ClN3. The fraction of sp³-hybridized carbons (Fsp3) is 0.500. The van der Waals surface area contributed by atoms with Gasteiger partial charge in [0.25, 0.3) is 0 Å². The molecule has 2 atom stereocenters. The first-order valence-corrected chi connectivity index (χ1v) is 9.73. The molecule has 0 fully saturated rings. The quantitative estimate of drug-likeness (QED) is 0.439. The highest BCUT2D eigenvalue weighted by Gasteiger charge is 2.15. The van der Waals surface area contributed by atoms with Crippen LogP contribution in [-0.2, 0) is 0 Å². The van der Waals surface area contributed by atoms with Crippen LogP contribution in [0.3, 0.4) is 0 Å². The van der Waals surface area contributed by atoms with E-state index in [1.54, 1.807) is 6.20 Å². The standard InChI is InChI=1S/C22H32ClN3/c1-6-21(24)10-12-22(25-5)11-9-20(23)14-16(2)17(3)18(4)19-8-7-13-26-15-19/h7-8,13-17,24H,4,6,9-12H2,1-3,5H3. The monoisotopic (exact) mass is 373 g/mol. The van der Waals surface area contributed by atoms with Gasteiger partial charge in [0, 0.05) is 35.9 Å². The predicted molar refractivity (Wildman–Crippen MR) is 115 cm³/mol. The van der Waals surface area contributed by atoms with Crippen molar-refractivity contribution in [3.8, 4) is 0 Å². The summed E-state index contributed by atoms with van der Waals surface area (Å²) in [5.74, 6) is 0.586. The van der Waals surface area contributed by atoms with Crippen molar-refractivity contribution in [1.29, 1.82) is 5.41 Å². The summed E-state index contributed by atoms with van der Waals surface area (Å²) in [5.41, 5.74) is 4.08. The van der Waals surface area contributed by atoms with Crippen LogP contribution in [0.4, 0.5) is 0 Å². The van der Waals surface area contributed by atoms with Crippen molar-refractivity contribution in [3.63, 3.8) is 0 Å². The molecule has 1 rings (SSSR count). The third-order valence-electron chi connectivity index (χ3n) is 4.93. The zero-order chi connectivity index (χ0) is 19.5. The lowest BCUT2D eigenvalue weighted by Crippen LogP contribution is -2.08. The van der Waals surface area contributed by atoms with E-state index in [-0.39, 0.29) is 5.92 Å². The maximum absolute atomic E-state index is 7.77. The van der Waals surface area contributed by atoms with Gasteiger partial charge in [-0.25, -0.2) is 0 Å². The predicted octanol–water partition coefficient (Wildman–Crippen LogP) is 6.55. The average Bonchev–Trinajstić information content (AvgIpc) is 2.67. The minimum absolute atomic E-state index is 0.289. The fourth-order valence-electron chi connectivity index (χ4n) is 2.73. The van der Waals surface area contributed by atoms with Gasteiger partial charge >= 0.3 is 0 Å². The van der Waals surface area contributed by atoms with Crippen LogP contribution in [0.2, 0.25) is 0 Å². The molecule has 0 radical (unpaired) electrons. The van der Waals surface area contributed by atoms with Crippen LogP contribution in [0.1, 0.15) is 58.4 Å². The number of halogens is 1. The molecule has 0 aromatic carbocycles. The van der Waals surface area contributed by atoms with Gasteiger partial charge < -0.3 is 5.41 Å². The lowest BCUT2D eigenvalue weighted by molar-refractivity contribution is 0.571. The molecule has 0 aliphatic heterocycles. The summed E-state index contributed by atoms with van der Waals surface area (Å²) >= 11 is 6.48. The Bertz CT molecular complexity index is 647. The van der Waals surface area contributed by atoms with E-state index < -0.39 is 0 Å². The van der Waals surface area contributed by atoms with E-state index in [2.05, 4.69) is 36.5 Å². The Morgan fingerprint density at radius 2 is 2.00 bits per heavy atom. The molecule has 26 heavy (non-hydrogen) atoms. The third kappa shape index (κ3) is 7.65. The normalized spacial score (nSPS) is 14.8. The topological polar surface area (TPSA) is 49.1 Å². The fourth-order valence-corrected chi connectivity index (χ4v) is 3.02. The van der Waals surface area contributed by atoms with Crippen LogP contribution in [0, 0.1) is 17.2 Å². The van der Waals surface area contributed by atoms with Crippen LogP contribution in [0.25, 0.3) is 5.57 Å². The highest BCUT2D eigenvalue weighted by atomic mass is 35.5. The van der Waals surface area contributed by atoms with Crippen molar-refractivity contribution in [2.75, 3.05) is 7.05 Å². The molecule has 0 aliphatic carbocycles. The first kappa shape index (κ1) is 22.3. The van der Waals surface area contributed by atoms with Gasteiger partial charge in [-0.05, 0) is 61.1 Å². The molecule has 0 aliphatic rings. The smallest absolute Gasteiger partial charge is 0.0342 e. The van der Waals surface area contributed by atoms with Gasteiger partial charge in [0.15, 0.2) is 0 Å².